The van der Waals surface area contributed by atoms with E-state index in [1.54, 1.807) is 12.1 Å². The van der Waals surface area contributed by atoms with Crippen LogP contribution >= 0.6 is 27.5 Å². The highest BCUT2D eigenvalue weighted by molar-refractivity contribution is 9.10. The van der Waals surface area contributed by atoms with E-state index in [0.29, 0.717) is 37.3 Å². The first-order chi connectivity index (χ1) is 13.9. The lowest BCUT2D eigenvalue weighted by Gasteiger charge is -2.12. The van der Waals surface area contributed by atoms with E-state index in [1.165, 1.54) is 24.3 Å². The van der Waals surface area contributed by atoms with Gasteiger partial charge in [-0.1, -0.05) is 17.7 Å². The Bertz CT molecular complexity index is 1290. The molecule has 1 N–H and O–H groups in total. The van der Waals surface area contributed by atoms with Gasteiger partial charge in [0.05, 0.1) is 22.3 Å². The second-order valence-electron chi connectivity index (χ2n) is 6.14. The molecule has 0 aliphatic rings. The monoisotopic (exact) mass is 474 g/mol. The molecule has 0 aliphatic carbocycles. The maximum atomic E-state index is 15.2. The molecule has 0 spiro atoms. The predicted octanol–water partition coefficient (Wildman–Crippen LogP) is 5.91. The molecule has 2 aromatic carbocycles. The summed E-state index contributed by atoms with van der Waals surface area (Å²) in [6, 6.07) is 10.9. The zero-order chi connectivity index (χ0) is 20.5. The summed E-state index contributed by atoms with van der Waals surface area (Å²) in [5.74, 6) is -0.939. The van der Waals surface area contributed by atoms with Gasteiger partial charge in [-0.3, -0.25) is 5.10 Å². The molecule has 0 amide bonds. The van der Waals surface area contributed by atoms with Crippen LogP contribution in [-0.2, 0) is 6.42 Å². The van der Waals surface area contributed by atoms with E-state index in [2.05, 4.69) is 31.1 Å². The molecule has 5 nitrogen and oxygen atoms in total. The number of nitrogens with zero attached hydrogens (tertiary/aromatic N) is 3. The van der Waals surface area contributed by atoms with Gasteiger partial charge in [-0.2, -0.15) is 10.4 Å². The third kappa shape index (κ3) is 3.92. The number of halogens is 4. The Balaban J connectivity index is 1.71. The van der Waals surface area contributed by atoms with E-state index >= 15 is 4.39 Å². The van der Waals surface area contributed by atoms with Crippen LogP contribution in [0.2, 0.25) is 5.02 Å². The molecular formula is C20H10BrClF2N4O. The van der Waals surface area contributed by atoms with Gasteiger partial charge in [-0.05, 0) is 51.8 Å². The Morgan fingerprint density at radius 3 is 2.83 bits per heavy atom. The van der Waals surface area contributed by atoms with Crippen molar-refractivity contribution in [3.63, 3.8) is 0 Å². The van der Waals surface area contributed by atoms with Crippen LogP contribution in [-0.4, -0.2) is 15.2 Å². The number of nitrogens with one attached hydrogen (secondary N) is 1. The number of fused-ring (bicyclic) bond motifs is 1. The van der Waals surface area contributed by atoms with Crippen LogP contribution in [0, 0.1) is 23.0 Å². The minimum Gasteiger partial charge on any atom is -0.453 e. The van der Waals surface area contributed by atoms with Crippen LogP contribution in [0.15, 0.2) is 47.1 Å². The number of aromatic amines is 1. The summed E-state index contributed by atoms with van der Waals surface area (Å²) in [5.41, 5.74) is 1.46. The van der Waals surface area contributed by atoms with Gasteiger partial charge in [-0.15, -0.1) is 0 Å². The van der Waals surface area contributed by atoms with Gasteiger partial charge in [0.2, 0.25) is 0 Å². The number of aromatic nitrogens is 3. The zero-order valence-electron chi connectivity index (χ0n) is 14.5. The van der Waals surface area contributed by atoms with E-state index in [-0.39, 0.29) is 17.9 Å². The molecule has 0 aliphatic heterocycles. The lowest BCUT2D eigenvalue weighted by molar-refractivity contribution is 0.436. The first-order valence-corrected chi connectivity index (χ1v) is 9.45. The van der Waals surface area contributed by atoms with Crippen LogP contribution in [0.3, 0.4) is 0 Å². The zero-order valence-corrected chi connectivity index (χ0v) is 16.9. The maximum absolute atomic E-state index is 15.2. The second kappa shape index (κ2) is 7.78. The van der Waals surface area contributed by atoms with Crippen LogP contribution in [0.1, 0.15) is 16.8 Å². The highest BCUT2D eigenvalue weighted by Crippen LogP contribution is 2.36. The maximum Gasteiger partial charge on any atom is 0.181 e. The molecule has 0 saturated heterocycles. The molecule has 2 aromatic heterocycles. The first-order valence-electron chi connectivity index (χ1n) is 8.28. The van der Waals surface area contributed by atoms with Crippen molar-refractivity contribution in [2.75, 3.05) is 0 Å². The molecule has 0 unspecified atom stereocenters. The minimum absolute atomic E-state index is 0.0539. The van der Waals surface area contributed by atoms with E-state index in [9.17, 15) is 4.39 Å². The van der Waals surface area contributed by atoms with E-state index in [0.717, 1.165) is 6.20 Å². The average Bonchev–Trinajstić information content (AvgIpc) is 3.08. The molecule has 144 valence electrons. The number of nitriles is 1. The van der Waals surface area contributed by atoms with Gasteiger partial charge < -0.3 is 4.74 Å². The predicted molar refractivity (Wildman–Crippen MR) is 107 cm³/mol. The molecule has 0 fully saturated rings. The molecule has 2 heterocycles. The van der Waals surface area contributed by atoms with Gasteiger partial charge >= 0.3 is 0 Å². The normalized spacial score (nSPS) is 10.9. The Hall–Kier alpha value is -3.02. The van der Waals surface area contributed by atoms with E-state index in [4.69, 9.17) is 21.6 Å². The first kappa shape index (κ1) is 19.3. The fourth-order valence-corrected chi connectivity index (χ4v) is 3.47. The molecule has 0 radical (unpaired) electrons. The lowest BCUT2D eigenvalue weighted by atomic mass is 10.1. The molecule has 4 aromatic rings. The number of hydrogen-bond donors (Lipinski definition) is 1. The summed E-state index contributed by atoms with van der Waals surface area (Å²) in [4.78, 5) is 3.90. The lowest BCUT2D eigenvalue weighted by Crippen LogP contribution is -1.98. The van der Waals surface area contributed by atoms with Crippen LogP contribution in [0.25, 0.3) is 11.0 Å². The molecule has 29 heavy (non-hydrogen) atoms. The summed E-state index contributed by atoms with van der Waals surface area (Å²) < 4.78 is 34.8. The van der Waals surface area contributed by atoms with Crippen molar-refractivity contribution >= 4 is 38.6 Å². The Morgan fingerprint density at radius 1 is 1.21 bits per heavy atom. The summed E-state index contributed by atoms with van der Waals surface area (Å²) >= 11 is 9.26. The standard InChI is InChI=1S/C20H10BrClF2N4O/c21-16-2-1-11(5-17-15-7-13(23)9-26-20(15)28-27-17)18(24)19(16)29-14-4-10(8-25)3-12(22)6-14/h1-4,6-7,9H,5H2,(H,26,27,28). The van der Waals surface area contributed by atoms with Crippen LogP contribution in [0.5, 0.6) is 11.5 Å². The summed E-state index contributed by atoms with van der Waals surface area (Å²) in [6.45, 7) is 0. The third-order valence-electron chi connectivity index (χ3n) is 4.17. The number of benzene rings is 2. The average molecular weight is 476 g/mol. The highest BCUT2D eigenvalue weighted by atomic mass is 79.9. The van der Waals surface area contributed by atoms with Gasteiger partial charge in [0.15, 0.2) is 17.2 Å². The molecular weight excluding hydrogens is 466 g/mol. The van der Waals surface area contributed by atoms with Crippen molar-refractivity contribution in [3.05, 3.63) is 80.5 Å². The van der Waals surface area contributed by atoms with Crippen molar-refractivity contribution < 1.29 is 13.5 Å². The topological polar surface area (TPSA) is 74.6 Å². The third-order valence-corrected chi connectivity index (χ3v) is 5.01. The van der Waals surface area contributed by atoms with Crippen LogP contribution < -0.4 is 4.74 Å². The Kier molecular flexibility index (Phi) is 5.18. The second-order valence-corrected chi connectivity index (χ2v) is 7.43. The summed E-state index contributed by atoms with van der Waals surface area (Å²) in [5, 5.41) is 16.6. The fourth-order valence-electron chi connectivity index (χ4n) is 2.86. The van der Waals surface area contributed by atoms with Gasteiger partial charge in [0.1, 0.15) is 11.6 Å². The van der Waals surface area contributed by atoms with Crippen molar-refractivity contribution in [1.29, 1.82) is 5.26 Å². The smallest absolute Gasteiger partial charge is 0.181 e. The van der Waals surface area contributed by atoms with E-state index in [1.807, 2.05) is 6.07 Å². The quantitative estimate of drug-likeness (QED) is 0.398. The number of rotatable bonds is 4. The highest BCUT2D eigenvalue weighted by Gasteiger charge is 2.18. The number of ether oxygens (including phenoxy) is 1. The SMILES string of the molecule is N#Cc1cc(Cl)cc(Oc2c(Br)ccc(Cc3[nH]nc4ncc(F)cc34)c2F)c1. The van der Waals surface area contributed by atoms with Crippen molar-refractivity contribution in [1.82, 2.24) is 15.2 Å². The Labute approximate surface area is 177 Å². The molecule has 9 heteroatoms. The van der Waals surface area contributed by atoms with Crippen molar-refractivity contribution in [2.45, 2.75) is 6.42 Å². The minimum atomic E-state index is -0.607. The van der Waals surface area contributed by atoms with Crippen LogP contribution in [0.4, 0.5) is 8.78 Å². The molecule has 0 atom stereocenters. The molecule has 4 rings (SSSR count). The van der Waals surface area contributed by atoms with Gasteiger partial charge in [-0.25, -0.2) is 13.8 Å². The van der Waals surface area contributed by atoms with E-state index < -0.39 is 11.6 Å². The number of hydrogen-bond acceptors (Lipinski definition) is 4. The van der Waals surface area contributed by atoms with Crippen molar-refractivity contribution in [3.8, 4) is 17.6 Å². The molecule has 0 saturated carbocycles. The summed E-state index contributed by atoms with van der Waals surface area (Å²) in [7, 11) is 0. The van der Waals surface area contributed by atoms with Gasteiger partial charge in [0.25, 0.3) is 0 Å². The Morgan fingerprint density at radius 2 is 2.03 bits per heavy atom. The number of pyridine rings is 1. The number of H-pyrrole nitrogens is 1. The molecule has 0 bridgehead atoms. The largest absolute Gasteiger partial charge is 0.453 e. The fraction of sp³-hybridized carbons (Fsp3) is 0.0500. The summed E-state index contributed by atoms with van der Waals surface area (Å²) in [6.07, 6.45) is 1.19. The van der Waals surface area contributed by atoms with Crippen molar-refractivity contribution in [2.24, 2.45) is 0 Å². The van der Waals surface area contributed by atoms with Gasteiger partial charge in [0, 0.05) is 22.5 Å².